The Morgan fingerprint density at radius 2 is 1.05 bits per heavy atom. The molecular weight excluding hydrogens is 252 g/mol. The lowest BCUT2D eigenvalue weighted by Crippen LogP contribution is -1.94. The van der Waals surface area contributed by atoms with Gasteiger partial charge in [0.2, 0.25) is 0 Å². The van der Waals surface area contributed by atoms with Gasteiger partial charge in [-0.2, -0.15) is 0 Å². The third kappa shape index (κ3) is 7.69. The van der Waals surface area contributed by atoms with Crippen LogP contribution in [-0.2, 0) is 6.42 Å². The van der Waals surface area contributed by atoms with Gasteiger partial charge < -0.3 is 0 Å². The Kier molecular flexibility index (Phi) is 9.46. The quantitative estimate of drug-likeness (QED) is 0.382. The summed E-state index contributed by atoms with van der Waals surface area (Å²) in [5.74, 6) is 0. The van der Waals surface area contributed by atoms with Crippen molar-refractivity contribution in [3.8, 4) is 0 Å². The maximum Gasteiger partial charge on any atom is -0.0276 e. The molecule has 0 saturated carbocycles. The van der Waals surface area contributed by atoms with Gasteiger partial charge in [-0.15, -0.1) is 0 Å². The van der Waals surface area contributed by atoms with E-state index in [1.54, 1.807) is 5.56 Å². The molecule has 0 aromatic heterocycles. The molecule has 0 atom stereocenters. The highest BCUT2D eigenvalue weighted by Gasteiger charge is 2.02. The van der Waals surface area contributed by atoms with Crippen molar-refractivity contribution >= 4 is 0 Å². The van der Waals surface area contributed by atoms with E-state index in [0.29, 0.717) is 0 Å². The molecule has 0 aliphatic carbocycles. The fourth-order valence-corrected chi connectivity index (χ4v) is 3.09. The number of hydrogen-bond donors (Lipinski definition) is 0. The van der Waals surface area contributed by atoms with Crippen LogP contribution in [0.3, 0.4) is 0 Å². The predicted octanol–water partition coefficient (Wildman–Crippen LogP) is 7.08. The smallest absolute Gasteiger partial charge is 0.0276 e. The summed E-state index contributed by atoms with van der Waals surface area (Å²) in [6, 6.07) is 4.75. The Morgan fingerprint density at radius 1 is 0.571 bits per heavy atom. The summed E-state index contributed by atoms with van der Waals surface area (Å²) < 4.78 is 0. The van der Waals surface area contributed by atoms with Gasteiger partial charge in [-0.3, -0.25) is 0 Å². The van der Waals surface area contributed by atoms with Crippen molar-refractivity contribution < 1.29 is 0 Å². The molecular formula is C21H36. The molecule has 0 aliphatic rings. The summed E-state index contributed by atoms with van der Waals surface area (Å²) in [4.78, 5) is 0. The lowest BCUT2D eigenvalue weighted by atomic mass is 9.96. The maximum atomic E-state index is 2.40. The van der Waals surface area contributed by atoms with Crippen molar-refractivity contribution in [2.24, 2.45) is 0 Å². The van der Waals surface area contributed by atoms with Crippen molar-refractivity contribution in [2.75, 3.05) is 0 Å². The Bertz CT molecular complexity index is 389. The van der Waals surface area contributed by atoms with Gasteiger partial charge in [0, 0.05) is 0 Å². The number of unbranched alkanes of at least 4 members (excludes halogenated alkanes) is 9. The number of rotatable bonds is 11. The molecule has 0 heterocycles. The normalized spacial score (nSPS) is 11.0. The zero-order chi connectivity index (χ0) is 15.5. The number of aryl methyl sites for hydroxylation is 4. The Labute approximate surface area is 133 Å². The molecule has 0 N–H and O–H groups in total. The van der Waals surface area contributed by atoms with Crippen molar-refractivity contribution in [1.82, 2.24) is 0 Å². The Hall–Kier alpha value is -0.780. The van der Waals surface area contributed by atoms with Gasteiger partial charge in [0.25, 0.3) is 0 Å². The molecule has 0 heteroatoms. The van der Waals surface area contributed by atoms with Gasteiger partial charge in [0.1, 0.15) is 0 Å². The van der Waals surface area contributed by atoms with Gasteiger partial charge >= 0.3 is 0 Å². The zero-order valence-electron chi connectivity index (χ0n) is 14.9. The molecule has 21 heavy (non-hydrogen) atoms. The highest BCUT2D eigenvalue weighted by molar-refractivity contribution is 5.36. The fourth-order valence-electron chi connectivity index (χ4n) is 3.09. The molecule has 0 nitrogen and oxygen atoms in total. The summed E-state index contributed by atoms with van der Waals surface area (Å²) in [6.07, 6.45) is 15.5. The Morgan fingerprint density at radius 3 is 1.62 bits per heavy atom. The van der Waals surface area contributed by atoms with Gasteiger partial charge in [0.05, 0.1) is 0 Å². The molecule has 0 spiro atoms. The molecule has 1 aromatic rings. The molecule has 0 amide bonds. The minimum Gasteiger partial charge on any atom is -0.0654 e. The van der Waals surface area contributed by atoms with Crippen molar-refractivity contribution in [1.29, 1.82) is 0 Å². The van der Waals surface area contributed by atoms with E-state index in [2.05, 4.69) is 39.8 Å². The standard InChI is InChI=1S/C21H36/c1-5-6-7-8-9-10-11-12-13-14-15-21-17-19(3)18(2)16-20(21)4/h16-17H,5-15H2,1-4H3. The largest absolute Gasteiger partial charge is 0.0654 e. The van der Waals surface area contributed by atoms with Crippen LogP contribution in [-0.4, -0.2) is 0 Å². The Balaban J connectivity index is 2.05. The predicted molar refractivity (Wildman–Crippen MR) is 96.2 cm³/mol. The lowest BCUT2D eigenvalue weighted by Gasteiger charge is -2.09. The first kappa shape index (κ1) is 18.3. The molecule has 0 aliphatic heterocycles. The average Bonchev–Trinajstić information content (AvgIpc) is 2.46. The van der Waals surface area contributed by atoms with Crippen LogP contribution < -0.4 is 0 Å². The van der Waals surface area contributed by atoms with Crippen LogP contribution in [0.2, 0.25) is 0 Å². The fraction of sp³-hybridized carbons (Fsp3) is 0.714. The first-order chi connectivity index (χ1) is 10.1. The number of hydrogen-bond acceptors (Lipinski definition) is 0. The molecule has 0 unspecified atom stereocenters. The van der Waals surface area contributed by atoms with E-state index in [1.165, 1.54) is 87.3 Å². The van der Waals surface area contributed by atoms with Crippen LogP contribution in [0.1, 0.15) is 93.4 Å². The van der Waals surface area contributed by atoms with Gasteiger partial charge in [-0.05, 0) is 55.9 Å². The van der Waals surface area contributed by atoms with E-state index in [9.17, 15) is 0 Å². The first-order valence-corrected chi connectivity index (χ1v) is 9.22. The summed E-state index contributed by atoms with van der Waals surface area (Å²) >= 11 is 0. The topological polar surface area (TPSA) is 0 Å². The zero-order valence-corrected chi connectivity index (χ0v) is 14.9. The minimum absolute atomic E-state index is 1.27. The van der Waals surface area contributed by atoms with Crippen LogP contribution in [0, 0.1) is 20.8 Å². The van der Waals surface area contributed by atoms with Crippen molar-refractivity contribution in [2.45, 2.75) is 98.3 Å². The van der Waals surface area contributed by atoms with Gasteiger partial charge in [0.15, 0.2) is 0 Å². The lowest BCUT2D eigenvalue weighted by molar-refractivity contribution is 0.556. The summed E-state index contributed by atoms with van der Waals surface area (Å²) in [5.41, 5.74) is 5.92. The van der Waals surface area contributed by atoms with E-state index in [0.717, 1.165) is 0 Å². The van der Waals surface area contributed by atoms with Crippen molar-refractivity contribution in [3.05, 3.63) is 34.4 Å². The summed E-state index contributed by atoms with van der Waals surface area (Å²) in [5, 5.41) is 0. The highest BCUT2D eigenvalue weighted by Crippen LogP contribution is 2.18. The SMILES string of the molecule is CCCCCCCCCCCCc1cc(C)c(C)cc1C. The molecule has 0 radical (unpaired) electrons. The number of benzene rings is 1. The molecule has 0 fully saturated rings. The van der Waals surface area contributed by atoms with Crippen LogP contribution in [0.25, 0.3) is 0 Å². The third-order valence-corrected chi connectivity index (χ3v) is 4.75. The second-order valence-electron chi connectivity index (χ2n) is 6.79. The van der Waals surface area contributed by atoms with E-state index in [-0.39, 0.29) is 0 Å². The summed E-state index contributed by atoms with van der Waals surface area (Å²) in [7, 11) is 0. The summed E-state index contributed by atoms with van der Waals surface area (Å²) in [6.45, 7) is 9.00. The van der Waals surface area contributed by atoms with E-state index >= 15 is 0 Å². The maximum absolute atomic E-state index is 2.40. The van der Waals surface area contributed by atoms with Crippen molar-refractivity contribution in [3.63, 3.8) is 0 Å². The van der Waals surface area contributed by atoms with Crippen LogP contribution in [0.5, 0.6) is 0 Å². The molecule has 1 rings (SSSR count). The second-order valence-corrected chi connectivity index (χ2v) is 6.79. The van der Waals surface area contributed by atoms with E-state index in [4.69, 9.17) is 0 Å². The van der Waals surface area contributed by atoms with Gasteiger partial charge in [-0.25, -0.2) is 0 Å². The molecule has 1 aromatic carbocycles. The van der Waals surface area contributed by atoms with Crippen LogP contribution >= 0.6 is 0 Å². The minimum atomic E-state index is 1.27. The second kappa shape index (κ2) is 10.9. The monoisotopic (exact) mass is 288 g/mol. The third-order valence-electron chi connectivity index (χ3n) is 4.75. The van der Waals surface area contributed by atoms with Crippen LogP contribution in [0.4, 0.5) is 0 Å². The first-order valence-electron chi connectivity index (χ1n) is 9.22. The average molecular weight is 289 g/mol. The molecule has 0 bridgehead atoms. The van der Waals surface area contributed by atoms with E-state index in [1.807, 2.05) is 0 Å². The molecule has 120 valence electrons. The van der Waals surface area contributed by atoms with E-state index < -0.39 is 0 Å². The molecule has 0 saturated heterocycles. The van der Waals surface area contributed by atoms with Gasteiger partial charge in [-0.1, -0.05) is 76.8 Å². The highest BCUT2D eigenvalue weighted by atomic mass is 14.1. The van der Waals surface area contributed by atoms with Crippen LogP contribution in [0.15, 0.2) is 12.1 Å².